The molecule has 0 unspecified atom stereocenters. The first-order valence-electron chi connectivity index (χ1n) is 8.61. The van der Waals surface area contributed by atoms with Gasteiger partial charge < -0.3 is 14.5 Å². The third kappa shape index (κ3) is 4.68. The minimum atomic E-state index is -4.40. The molecule has 0 amide bonds. The maximum atomic E-state index is 14.5. The van der Waals surface area contributed by atoms with E-state index in [0.717, 1.165) is 37.9 Å². The summed E-state index contributed by atoms with van der Waals surface area (Å²) >= 11 is 5.67. The Kier molecular flexibility index (Phi) is 6.71. The minimum Gasteiger partial charge on any atom is -0.495 e. The molecule has 6 nitrogen and oxygen atoms in total. The standard InChI is InChI=1S/C18H19Br2F2N3O3S/c1-24-5-7-25(8-6-24)14-9-11(3-4-15(14)28-2)23-29(26,27)18-16(20)13(21)10-12(19)17(18)22/h3-4,9-10,23H,5-8H2,1-2H3. The van der Waals surface area contributed by atoms with Crippen LogP contribution in [0.4, 0.5) is 20.2 Å². The fourth-order valence-corrected chi connectivity index (χ4v) is 5.72. The summed E-state index contributed by atoms with van der Waals surface area (Å²) in [5.41, 5.74) is 0.937. The monoisotopic (exact) mass is 553 g/mol. The van der Waals surface area contributed by atoms with Gasteiger partial charge in [-0.05, 0) is 63.2 Å². The molecule has 2 aromatic rings. The number of hydrogen-bond acceptors (Lipinski definition) is 5. The smallest absolute Gasteiger partial charge is 0.266 e. The molecule has 0 radical (unpaired) electrons. The van der Waals surface area contributed by atoms with Crippen LogP contribution in [0.15, 0.2) is 38.1 Å². The summed E-state index contributed by atoms with van der Waals surface area (Å²) < 4.78 is 61.0. The molecule has 11 heteroatoms. The second kappa shape index (κ2) is 8.75. The number of hydrogen-bond donors (Lipinski definition) is 1. The van der Waals surface area contributed by atoms with Gasteiger partial charge in [-0.25, -0.2) is 17.2 Å². The van der Waals surface area contributed by atoms with E-state index in [1.54, 1.807) is 12.1 Å². The molecule has 0 bridgehead atoms. The molecular formula is C18H19Br2F2N3O3S. The minimum absolute atomic E-state index is 0.214. The quantitative estimate of drug-likeness (QED) is 0.565. The fraction of sp³-hybridized carbons (Fsp3) is 0.333. The van der Waals surface area contributed by atoms with Gasteiger partial charge in [0.05, 0.1) is 27.4 Å². The zero-order chi connectivity index (χ0) is 21.3. The number of anilines is 2. The van der Waals surface area contributed by atoms with Gasteiger partial charge in [0.25, 0.3) is 10.0 Å². The molecule has 1 saturated heterocycles. The number of likely N-dealkylation sites (N-methyl/N-ethyl adjacent to an activating group) is 1. The van der Waals surface area contributed by atoms with Gasteiger partial charge in [-0.15, -0.1) is 0 Å². The van der Waals surface area contributed by atoms with Gasteiger partial charge in [0.2, 0.25) is 0 Å². The van der Waals surface area contributed by atoms with Crippen molar-refractivity contribution in [1.82, 2.24) is 4.90 Å². The van der Waals surface area contributed by atoms with Gasteiger partial charge in [-0.3, -0.25) is 4.72 Å². The van der Waals surface area contributed by atoms with Crippen molar-refractivity contribution in [2.45, 2.75) is 4.90 Å². The average Bonchev–Trinajstić information content (AvgIpc) is 2.66. The van der Waals surface area contributed by atoms with Crippen LogP contribution in [0.2, 0.25) is 0 Å². The van der Waals surface area contributed by atoms with Crippen molar-refractivity contribution in [3.8, 4) is 5.75 Å². The Labute approximate surface area is 185 Å². The molecule has 0 spiro atoms. The number of sulfonamides is 1. The number of nitrogens with one attached hydrogen (secondary N) is 1. The zero-order valence-corrected chi connectivity index (χ0v) is 19.7. The molecule has 1 fully saturated rings. The van der Waals surface area contributed by atoms with Crippen molar-refractivity contribution in [3.63, 3.8) is 0 Å². The van der Waals surface area contributed by atoms with Crippen molar-refractivity contribution >= 4 is 53.3 Å². The number of rotatable bonds is 5. The molecule has 1 aliphatic heterocycles. The van der Waals surface area contributed by atoms with Gasteiger partial charge in [-0.2, -0.15) is 0 Å². The van der Waals surface area contributed by atoms with Crippen LogP contribution in [0, 0.1) is 11.6 Å². The molecule has 0 atom stereocenters. The number of methoxy groups -OCH3 is 1. The highest BCUT2D eigenvalue weighted by atomic mass is 79.9. The second-order valence-electron chi connectivity index (χ2n) is 6.58. The molecule has 1 aliphatic rings. The molecule has 0 saturated carbocycles. The SMILES string of the molecule is COc1ccc(NS(=O)(=O)c2c(F)c(Br)cc(F)c2Br)cc1N1CCN(C)CC1. The summed E-state index contributed by atoms with van der Waals surface area (Å²) in [6.45, 7) is 3.21. The van der Waals surface area contributed by atoms with Crippen molar-refractivity contribution in [1.29, 1.82) is 0 Å². The number of ether oxygens (including phenoxy) is 1. The lowest BCUT2D eigenvalue weighted by molar-refractivity contribution is 0.311. The Morgan fingerprint density at radius 2 is 1.76 bits per heavy atom. The molecule has 1 N–H and O–H groups in total. The van der Waals surface area contributed by atoms with Crippen LogP contribution in [0.3, 0.4) is 0 Å². The highest BCUT2D eigenvalue weighted by Crippen LogP contribution is 2.36. The van der Waals surface area contributed by atoms with Crippen LogP contribution < -0.4 is 14.4 Å². The molecule has 0 aromatic heterocycles. The summed E-state index contributed by atoms with van der Waals surface area (Å²) in [5.74, 6) is -1.39. The van der Waals surface area contributed by atoms with E-state index in [2.05, 4.69) is 46.4 Å². The third-order valence-electron chi connectivity index (χ3n) is 4.62. The topological polar surface area (TPSA) is 61.9 Å². The summed E-state index contributed by atoms with van der Waals surface area (Å²) in [6, 6.07) is 5.63. The Bertz CT molecular complexity index is 1000. The first-order valence-corrected chi connectivity index (χ1v) is 11.7. The Morgan fingerprint density at radius 1 is 1.10 bits per heavy atom. The predicted molar refractivity (Wildman–Crippen MR) is 115 cm³/mol. The van der Waals surface area contributed by atoms with E-state index in [1.165, 1.54) is 13.2 Å². The van der Waals surface area contributed by atoms with Gasteiger partial charge in [0.15, 0.2) is 5.82 Å². The fourth-order valence-electron chi connectivity index (χ4n) is 3.04. The number of nitrogens with zero attached hydrogens (tertiary/aromatic N) is 2. The van der Waals surface area contributed by atoms with E-state index in [9.17, 15) is 17.2 Å². The molecule has 3 rings (SSSR count). The van der Waals surface area contributed by atoms with E-state index in [-0.39, 0.29) is 10.2 Å². The molecule has 2 aromatic carbocycles. The highest BCUT2D eigenvalue weighted by molar-refractivity contribution is 9.11. The van der Waals surface area contributed by atoms with Crippen LogP contribution in [0.25, 0.3) is 0 Å². The second-order valence-corrected chi connectivity index (χ2v) is 9.85. The van der Waals surface area contributed by atoms with E-state index >= 15 is 0 Å². The van der Waals surface area contributed by atoms with E-state index in [0.29, 0.717) is 5.75 Å². The van der Waals surface area contributed by atoms with E-state index in [1.807, 2.05) is 7.05 Å². The van der Waals surface area contributed by atoms with Crippen LogP contribution >= 0.6 is 31.9 Å². The molecule has 158 valence electrons. The number of piperazine rings is 1. The Hall–Kier alpha value is -1.43. The molecule has 1 heterocycles. The summed E-state index contributed by atoms with van der Waals surface area (Å²) in [5, 5.41) is 0. The predicted octanol–water partition coefficient (Wildman–Crippen LogP) is 4.05. The normalized spacial score (nSPS) is 15.4. The van der Waals surface area contributed by atoms with Crippen molar-refractivity contribution in [3.05, 3.63) is 44.8 Å². The van der Waals surface area contributed by atoms with Gasteiger partial charge in [0, 0.05) is 26.2 Å². The average molecular weight is 555 g/mol. The summed E-state index contributed by atoms with van der Waals surface area (Å²) in [7, 11) is -0.837. The lowest BCUT2D eigenvalue weighted by Gasteiger charge is -2.35. The largest absolute Gasteiger partial charge is 0.495 e. The lowest BCUT2D eigenvalue weighted by Crippen LogP contribution is -2.44. The van der Waals surface area contributed by atoms with Gasteiger partial charge >= 0.3 is 0 Å². The Balaban J connectivity index is 1.97. The lowest BCUT2D eigenvalue weighted by atomic mass is 10.2. The van der Waals surface area contributed by atoms with Gasteiger partial charge in [0.1, 0.15) is 16.5 Å². The van der Waals surface area contributed by atoms with Crippen LogP contribution in [-0.2, 0) is 10.0 Å². The molecule has 29 heavy (non-hydrogen) atoms. The number of halogens is 4. The first kappa shape index (κ1) is 22.3. The maximum absolute atomic E-state index is 14.5. The van der Waals surface area contributed by atoms with Crippen LogP contribution in [0.1, 0.15) is 0 Å². The van der Waals surface area contributed by atoms with E-state index in [4.69, 9.17) is 4.74 Å². The van der Waals surface area contributed by atoms with Crippen molar-refractivity contribution in [2.24, 2.45) is 0 Å². The van der Waals surface area contributed by atoms with Crippen LogP contribution in [-0.4, -0.2) is 53.7 Å². The highest BCUT2D eigenvalue weighted by Gasteiger charge is 2.28. The first-order chi connectivity index (χ1) is 13.6. The van der Waals surface area contributed by atoms with Gasteiger partial charge in [-0.1, -0.05) is 0 Å². The van der Waals surface area contributed by atoms with E-state index < -0.39 is 31.0 Å². The summed E-state index contributed by atoms with van der Waals surface area (Å²) in [6.07, 6.45) is 0. The maximum Gasteiger partial charge on any atom is 0.266 e. The Morgan fingerprint density at radius 3 is 2.38 bits per heavy atom. The zero-order valence-electron chi connectivity index (χ0n) is 15.7. The third-order valence-corrected chi connectivity index (χ3v) is 7.66. The van der Waals surface area contributed by atoms with Crippen molar-refractivity contribution < 1.29 is 21.9 Å². The summed E-state index contributed by atoms with van der Waals surface area (Å²) in [4.78, 5) is 3.48. The van der Waals surface area contributed by atoms with Crippen molar-refractivity contribution in [2.75, 3.05) is 50.0 Å². The number of benzene rings is 2. The molecular weight excluding hydrogens is 536 g/mol. The molecule has 0 aliphatic carbocycles. The van der Waals surface area contributed by atoms with Crippen LogP contribution in [0.5, 0.6) is 5.75 Å².